The summed E-state index contributed by atoms with van der Waals surface area (Å²) in [6.07, 6.45) is 0. The van der Waals surface area contributed by atoms with Crippen molar-refractivity contribution >= 4 is 63.0 Å². The van der Waals surface area contributed by atoms with E-state index >= 15 is 0 Å². The van der Waals surface area contributed by atoms with Crippen LogP contribution in [0, 0.1) is 0 Å². The molecule has 1 amide bonds. The molecule has 1 aliphatic heterocycles. The van der Waals surface area contributed by atoms with E-state index in [0.29, 0.717) is 5.13 Å². The van der Waals surface area contributed by atoms with Crippen LogP contribution in [0.25, 0.3) is 0 Å². The van der Waals surface area contributed by atoms with Crippen LogP contribution in [0.2, 0.25) is 0 Å². The normalized spacial score (nSPS) is 11.9. The van der Waals surface area contributed by atoms with Gasteiger partial charge in [0.2, 0.25) is 11.0 Å². The highest BCUT2D eigenvalue weighted by molar-refractivity contribution is 8.01. The number of nitrogens with one attached hydrogen (secondary N) is 1. The highest BCUT2D eigenvalue weighted by Gasteiger charge is 2.28. The number of para-hydroxylation sites is 3. The minimum atomic E-state index is 0.00362. The lowest BCUT2D eigenvalue weighted by Crippen LogP contribution is -2.29. The Morgan fingerprint density at radius 2 is 1.41 bits per heavy atom. The van der Waals surface area contributed by atoms with Crippen LogP contribution in [-0.4, -0.2) is 21.9 Å². The van der Waals surface area contributed by atoms with E-state index in [1.165, 1.54) is 23.1 Å². The van der Waals surface area contributed by atoms with E-state index in [9.17, 15) is 4.79 Å². The average Bonchev–Trinajstić information content (AvgIpc) is 3.39. The fourth-order valence-corrected chi connectivity index (χ4v) is 6.51. The number of hydrogen-bond acceptors (Lipinski definition) is 8. The monoisotopic (exact) mass is 540 g/mol. The first-order valence-electron chi connectivity index (χ1n) is 11.5. The molecule has 0 saturated heterocycles. The summed E-state index contributed by atoms with van der Waals surface area (Å²) in [6.45, 7) is 0. The van der Waals surface area contributed by atoms with Gasteiger partial charge in [-0.05, 0) is 60.7 Å². The Labute approximate surface area is 226 Å². The summed E-state index contributed by atoms with van der Waals surface area (Å²) in [5, 5.41) is 12.4. The molecule has 0 saturated carbocycles. The fourth-order valence-electron chi connectivity index (χ4n) is 3.83. The van der Waals surface area contributed by atoms with Crippen LogP contribution in [-0.2, 0) is 4.79 Å². The number of hydrogen-bond donors (Lipinski definition) is 1. The zero-order valence-corrected chi connectivity index (χ0v) is 21.9. The molecule has 0 atom stereocenters. The van der Waals surface area contributed by atoms with Gasteiger partial charge < -0.3 is 10.1 Å². The molecule has 5 aromatic rings. The Kier molecular flexibility index (Phi) is 6.81. The highest BCUT2D eigenvalue weighted by atomic mass is 32.2. The van der Waals surface area contributed by atoms with Gasteiger partial charge in [0.05, 0.1) is 17.1 Å². The maximum Gasteiger partial charge on any atom is 0.242 e. The lowest BCUT2D eigenvalue weighted by Gasteiger charge is -2.30. The second-order valence-electron chi connectivity index (χ2n) is 7.99. The first-order valence-corrected chi connectivity index (χ1v) is 14.1. The number of ether oxygens (including phenoxy) is 1. The van der Waals surface area contributed by atoms with E-state index in [1.54, 1.807) is 11.8 Å². The number of amides is 1. The first-order chi connectivity index (χ1) is 18.2. The van der Waals surface area contributed by atoms with Gasteiger partial charge >= 0.3 is 0 Å². The number of carbonyl (C=O) groups excluding carboxylic acids is 1. The molecule has 6 nitrogen and oxygen atoms in total. The van der Waals surface area contributed by atoms with Crippen molar-refractivity contribution in [2.45, 2.75) is 14.1 Å². The predicted octanol–water partition coefficient (Wildman–Crippen LogP) is 8.00. The van der Waals surface area contributed by atoms with Gasteiger partial charge in [0.15, 0.2) is 4.34 Å². The Bertz CT molecular complexity index is 1500. The number of rotatable bonds is 7. The van der Waals surface area contributed by atoms with Gasteiger partial charge in [0.1, 0.15) is 11.5 Å². The number of benzene rings is 4. The molecule has 1 aliphatic rings. The third-order valence-electron chi connectivity index (χ3n) is 5.49. The zero-order valence-electron chi connectivity index (χ0n) is 19.4. The largest absolute Gasteiger partial charge is 0.457 e. The van der Waals surface area contributed by atoms with Crippen molar-refractivity contribution in [1.29, 1.82) is 0 Å². The summed E-state index contributed by atoms with van der Waals surface area (Å²) in [4.78, 5) is 17.3. The molecule has 1 N–H and O–H groups in total. The van der Waals surface area contributed by atoms with E-state index in [0.717, 1.165) is 42.7 Å². The molecule has 0 bridgehead atoms. The predicted molar refractivity (Wildman–Crippen MR) is 151 cm³/mol. The maximum atomic E-state index is 13.4. The van der Waals surface area contributed by atoms with Gasteiger partial charge in [-0.2, -0.15) is 0 Å². The van der Waals surface area contributed by atoms with Crippen LogP contribution < -0.4 is 15.0 Å². The van der Waals surface area contributed by atoms with Crippen LogP contribution in [0.1, 0.15) is 0 Å². The summed E-state index contributed by atoms with van der Waals surface area (Å²) in [5.41, 5.74) is 2.70. The van der Waals surface area contributed by atoms with Gasteiger partial charge in [0.25, 0.3) is 0 Å². The number of carbonyl (C=O) groups is 1. The van der Waals surface area contributed by atoms with E-state index < -0.39 is 0 Å². The summed E-state index contributed by atoms with van der Waals surface area (Å²) in [5.74, 6) is 1.80. The smallest absolute Gasteiger partial charge is 0.242 e. The average molecular weight is 541 g/mol. The van der Waals surface area contributed by atoms with Crippen molar-refractivity contribution in [2.24, 2.45) is 0 Å². The van der Waals surface area contributed by atoms with E-state index in [1.807, 2.05) is 108 Å². The SMILES string of the molecule is O=C(CSc1nnc(Nc2ccc(Oc3ccccc3)cc2)s1)N1c2ccccc2Sc2ccccc21. The van der Waals surface area contributed by atoms with Gasteiger partial charge in [-0.3, -0.25) is 9.69 Å². The minimum absolute atomic E-state index is 0.00362. The van der Waals surface area contributed by atoms with E-state index in [-0.39, 0.29) is 11.7 Å². The fraction of sp³-hybridized carbons (Fsp3) is 0.0357. The molecule has 6 rings (SSSR count). The summed E-state index contributed by atoms with van der Waals surface area (Å²) < 4.78 is 6.57. The summed E-state index contributed by atoms with van der Waals surface area (Å²) >= 11 is 4.50. The Hall–Kier alpha value is -3.79. The quantitative estimate of drug-likeness (QED) is 0.210. The highest BCUT2D eigenvalue weighted by Crippen LogP contribution is 2.48. The van der Waals surface area contributed by atoms with Crippen LogP contribution >= 0.6 is 34.9 Å². The van der Waals surface area contributed by atoms with Crippen LogP contribution in [0.15, 0.2) is 117 Å². The van der Waals surface area contributed by atoms with Crippen molar-refractivity contribution in [2.75, 3.05) is 16.0 Å². The van der Waals surface area contributed by atoms with Crippen LogP contribution in [0.3, 0.4) is 0 Å². The molecule has 2 heterocycles. The molecule has 0 aliphatic carbocycles. The Balaban J connectivity index is 1.10. The Morgan fingerprint density at radius 3 is 2.11 bits per heavy atom. The van der Waals surface area contributed by atoms with Crippen LogP contribution in [0.5, 0.6) is 11.5 Å². The second kappa shape index (κ2) is 10.7. The minimum Gasteiger partial charge on any atom is -0.457 e. The molecule has 182 valence electrons. The van der Waals surface area contributed by atoms with Gasteiger partial charge in [-0.15, -0.1) is 10.2 Å². The zero-order chi connectivity index (χ0) is 25.0. The first kappa shape index (κ1) is 23.6. The number of nitrogens with zero attached hydrogens (tertiary/aromatic N) is 3. The standard InChI is InChI=1S/C28H20N4O2S3/c33-26(32-22-10-4-6-12-24(22)36-25-13-7-5-11-23(25)32)18-35-28-31-30-27(37-28)29-19-14-16-21(17-15-19)34-20-8-2-1-3-9-20/h1-17H,18H2,(H,29,30). The topological polar surface area (TPSA) is 67.3 Å². The van der Waals surface area contributed by atoms with Crippen LogP contribution in [0.4, 0.5) is 22.2 Å². The lowest BCUT2D eigenvalue weighted by molar-refractivity contribution is -0.115. The van der Waals surface area contributed by atoms with Gasteiger partial charge in [-0.1, -0.05) is 77.3 Å². The van der Waals surface area contributed by atoms with Crippen molar-refractivity contribution in [1.82, 2.24) is 10.2 Å². The van der Waals surface area contributed by atoms with Crippen molar-refractivity contribution < 1.29 is 9.53 Å². The third kappa shape index (κ3) is 5.34. The maximum absolute atomic E-state index is 13.4. The third-order valence-corrected chi connectivity index (χ3v) is 8.58. The number of aromatic nitrogens is 2. The summed E-state index contributed by atoms with van der Waals surface area (Å²) in [7, 11) is 0. The van der Waals surface area contributed by atoms with E-state index in [2.05, 4.69) is 15.5 Å². The lowest BCUT2D eigenvalue weighted by atomic mass is 10.2. The molecule has 37 heavy (non-hydrogen) atoms. The van der Waals surface area contributed by atoms with Gasteiger partial charge in [0, 0.05) is 15.5 Å². The Morgan fingerprint density at radius 1 is 0.784 bits per heavy atom. The molecule has 0 unspecified atom stereocenters. The number of anilines is 4. The van der Waals surface area contributed by atoms with Crippen molar-refractivity contribution in [3.8, 4) is 11.5 Å². The molecule has 0 spiro atoms. The number of fused-ring (bicyclic) bond motifs is 2. The van der Waals surface area contributed by atoms with Gasteiger partial charge in [-0.25, -0.2) is 0 Å². The van der Waals surface area contributed by atoms with Crippen molar-refractivity contribution in [3.63, 3.8) is 0 Å². The molecule has 9 heteroatoms. The molecular weight excluding hydrogens is 521 g/mol. The molecule has 0 radical (unpaired) electrons. The molecule has 1 aromatic heterocycles. The second-order valence-corrected chi connectivity index (χ2v) is 11.3. The number of thioether (sulfide) groups is 1. The van der Waals surface area contributed by atoms with E-state index in [4.69, 9.17) is 4.74 Å². The van der Waals surface area contributed by atoms with Crippen molar-refractivity contribution in [3.05, 3.63) is 103 Å². The summed E-state index contributed by atoms with van der Waals surface area (Å²) in [6, 6.07) is 33.3. The molecule has 0 fully saturated rings. The molecular formula is C28H20N4O2S3. The molecule has 4 aromatic carbocycles.